The largest absolute Gasteiger partial charge is 0.496 e. The predicted octanol–water partition coefficient (Wildman–Crippen LogP) is 1.11. The lowest BCUT2D eigenvalue weighted by Gasteiger charge is -2.33. The lowest BCUT2D eigenvalue weighted by atomic mass is 10.2. The normalized spacial score (nSPS) is 20.8. The van der Waals surface area contributed by atoms with Crippen molar-refractivity contribution in [3.8, 4) is 5.75 Å². The Labute approximate surface area is 135 Å². The van der Waals surface area contributed by atoms with E-state index in [2.05, 4.69) is 0 Å². The molecule has 2 rings (SSSR count). The van der Waals surface area contributed by atoms with Gasteiger partial charge in [-0.2, -0.15) is 16.1 Å². The average molecular weight is 365 g/mol. The smallest absolute Gasteiger partial charge is 0.244 e. The number of hydrogen-bond acceptors (Lipinski definition) is 6. The van der Waals surface area contributed by atoms with Gasteiger partial charge in [-0.3, -0.25) is 0 Å². The number of sulfone groups is 1. The van der Waals surface area contributed by atoms with Crippen LogP contribution in [0.15, 0.2) is 23.1 Å². The number of methoxy groups -OCH3 is 1. The SMILES string of the molecule is COc1ccc(S(=O)(=O)N2CCSC[C@H]2S(C)(=O)=O)cc1C. The summed E-state index contributed by atoms with van der Waals surface area (Å²) in [5.41, 5.74) is 0.686. The second-order valence-electron chi connectivity index (χ2n) is 5.11. The van der Waals surface area contributed by atoms with Crippen molar-refractivity contribution in [3.63, 3.8) is 0 Å². The Kier molecular flexibility index (Phi) is 5.10. The summed E-state index contributed by atoms with van der Waals surface area (Å²) in [6, 6.07) is 4.54. The molecule has 1 aromatic carbocycles. The molecular weight excluding hydrogens is 346 g/mol. The molecule has 1 aliphatic rings. The van der Waals surface area contributed by atoms with Gasteiger partial charge >= 0.3 is 0 Å². The van der Waals surface area contributed by atoms with E-state index in [0.717, 1.165) is 10.6 Å². The molecule has 0 radical (unpaired) electrons. The van der Waals surface area contributed by atoms with E-state index in [0.29, 0.717) is 17.1 Å². The van der Waals surface area contributed by atoms with Gasteiger partial charge in [-0.05, 0) is 30.7 Å². The number of aryl methyl sites for hydroxylation is 1. The number of rotatable bonds is 4. The van der Waals surface area contributed by atoms with Crippen molar-refractivity contribution >= 4 is 31.6 Å². The van der Waals surface area contributed by atoms with Crippen LogP contribution < -0.4 is 4.74 Å². The van der Waals surface area contributed by atoms with Gasteiger partial charge in [-0.15, -0.1) is 0 Å². The Morgan fingerprint density at radius 3 is 2.50 bits per heavy atom. The lowest BCUT2D eigenvalue weighted by Crippen LogP contribution is -2.49. The zero-order chi connectivity index (χ0) is 16.5. The van der Waals surface area contributed by atoms with Crippen LogP contribution in [0.25, 0.3) is 0 Å². The summed E-state index contributed by atoms with van der Waals surface area (Å²) in [5, 5.41) is -1.02. The fraction of sp³-hybridized carbons (Fsp3) is 0.538. The second-order valence-corrected chi connectivity index (χ2v) is 10.3. The number of thioether (sulfide) groups is 1. The van der Waals surface area contributed by atoms with Gasteiger partial charge in [0.05, 0.1) is 12.0 Å². The monoisotopic (exact) mass is 365 g/mol. The number of ether oxygens (including phenoxy) is 1. The molecule has 1 saturated heterocycles. The van der Waals surface area contributed by atoms with Gasteiger partial charge < -0.3 is 4.74 Å². The van der Waals surface area contributed by atoms with Crippen molar-refractivity contribution in [2.24, 2.45) is 0 Å². The zero-order valence-electron chi connectivity index (χ0n) is 12.6. The molecule has 0 unspecified atom stereocenters. The first-order valence-corrected chi connectivity index (χ1v) is 11.2. The molecule has 22 heavy (non-hydrogen) atoms. The third-order valence-electron chi connectivity index (χ3n) is 3.50. The molecule has 1 aliphatic heterocycles. The number of hydrogen-bond donors (Lipinski definition) is 0. The molecule has 9 heteroatoms. The molecule has 0 aliphatic carbocycles. The van der Waals surface area contributed by atoms with Crippen LogP contribution in [-0.2, 0) is 19.9 Å². The van der Waals surface area contributed by atoms with Crippen LogP contribution in [0.4, 0.5) is 0 Å². The van der Waals surface area contributed by atoms with E-state index in [1.807, 2.05) is 0 Å². The van der Waals surface area contributed by atoms with Crippen LogP contribution in [0.1, 0.15) is 5.56 Å². The summed E-state index contributed by atoms with van der Waals surface area (Å²) >= 11 is 1.45. The molecule has 1 heterocycles. The van der Waals surface area contributed by atoms with Crippen LogP contribution in [-0.4, -0.2) is 57.9 Å². The van der Waals surface area contributed by atoms with Gasteiger partial charge in [0.15, 0.2) is 9.84 Å². The van der Waals surface area contributed by atoms with Crippen LogP contribution >= 0.6 is 11.8 Å². The highest BCUT2D eigenvalue weighted by molar-refractivity contribution is 8.01. The topological polar surface area (TPSA) is 80.8 Å². The van der Waals surface area contributed by atoms with E-state index in [9.17, 15) is 16.8 Å². The standard InChI is InChI=1S/C13H19NO5S3/c1-10-8-11(4-5-12(10)19-2)22(17,18)14-6-7-20-9-13(14)21(3,15)16/h4-5,8,13H,6-7,9H2,1-3H3/t13-/m1/s1. The molecular formula is C13H19NO5S3. The van der Waals surface area contributed by atoms with Crippen molar-refractivity contribution in [2.45, 2.75) is 17.2 Å². The van der Waals surface area contributed by atoms with Gasteiger partial charge in [0.25, 0.3) is 0 Å². The van der Waals surface area contributed by atoms with Crippen molar-refractivity contribution in [1.82, 2.24) is 4.31 Å². The van der Waals surface area contributed by atoms with Crippen molar-refractivity contribution < 1.29 is 21.6 Å². The molecule has 1 fully saturated rings. The maximum absolute atomic E-state index is 12.8. The third-order valence-corrected chi connectivity index (χ3v) is 8.19. The van der Waals surface area contributed by atoms with Crippen molar-refractivity contribution in [1.29, 1.82) is 0 Å². The quantitative estimate of drug-likeness (QED) is 0.795. The lowest BCUT2D eigenvalue weighted by molar-refractivity contribution is 0.403. The van der Waals surface area contributed by atoms with Gasteiger partial charge in [-0.25, -0.2) is 16.8 Å². The minimum atomic E-state index is -3.86. The fourth-order valence-electron chi connectivity index (χ4n) is 2.32. The number of sulfonamides is 1. The van der Waals surface area contributed by atoms with Crippen molar-refractivity contribution in [3.05, 3.63) is 23.8 Å². The van der Waals surface area contributed by atoms with E-state index in [1.165, 1.54) is 31.0 Å². The van der Waals surface area contributed by atoms with Gasteiger partial charge in [0, 0.05) is 24.3 Å². The van der Waals surface area contributed by atoms with Gasteiger partial charge in [-0.1, -0.05) is 0 Å². The number of benzene rings is 1. The second kappa shape index (κ2) is 6.38. The summed E-state index contributed by atoms with van der Waals surface area (Å²) in [6.45, 7) is 1.94. The summed E-state index contributed by atoms with van der Waals surface area (Å²) in [6.07, 6.45) is 1.07. The van der Waals surface area contributed by atoms with Crippen LogP contribution in [0.3, 0.4) is 0 Å². The Balaban J connectivity index is 2.46. The highest BCUT2D eigenvalue weighted by Crippen LogP contribution is 2.29. The summed E-state index contributed by atoms with van der Waals surface area (Å²) in [4.78, 5) is 0.0892. The first-order chi connectivity index (χ1) is 10.2. The maximum Gasteiger partial charge on any atom is 0.244 e. The molecule has 0 bridgehead atoms. The molecule has 6 nitrogen and oxygen atoms in total. The summed E-state index contributed by atoms with van der Waals surface area (Å²) in [7, 11) is -5.83. The molecule has 1 aromatic rings. The molecule has 0 saturated carbocycles. The van der Waals surface area contributed by atoms with Crippen LogP contribution in [0.2, 0.25) is 0 Å². The Morgan fingerprint density at radius 1 is 1.27 bits per heavy atom. The van der Waals surface area contributed by atoms with Gasteiger partial charge in [0.2, 0.25) is 10.0 Å². The molecule has 0 amide bonds. The van der Waals surface area contributed by atoms with E-state index in [-0.39, 0.29) is 17.2 Å². The van der Waals surface area contributed by atoms with E-state index < -0.39 is 25.2 Å². The van der Waals surface area contributed by atoms with Crippen LogP contribution in [0.5, 0.6) is 5.75 Å². The van der Waals surface area contributed by atoms with Gasteiger partial charge in [0.1, 0.15) is 11.1 Å². The first-order valence-electron chi connectivity index (χ1n) is 6.61. The van der Waals surface area contributed by atoms with E-state index in [1.54, 1.807) is 13.0 Å². The highest BCUT2D eigenvalue weighted by Gasteiger charge is 2.39. The van der Waals surface area contributed by atoms with E-state index >= 15 is 0 Å². The molecule has 0 aromatic heterocycles. The van der Waals surface area contributed by atoms with Crippen LogP contribution in [0, 0.1) is 6.92 Å². The number of nitrogens with zero attached hydrogens (tertiary/aromatic N) is 1. The minimum Gasteiger partial charge on any atom is -0.496 e. The Morgan fingerprint density at radius 2 is 1.95 bits per heavy atom. The predicted molar refractivity (Wildman–Crippen MR) is 87.6 cm³/mol. The third kappa shape index (κ3) is 3.42. The zero-order valence-corrected chi connectivity index (χ0v) is 15.1. The summed E-state index contributed by atoms with van der Waals surface area (Å²) < 4.78 is 55.6. The molecule has 1 atom stereocenters. The minimum absolute atomic E-state index is 0.0892. The van der Waals surface area contributed by atoms with E-state index in [4.69, 9.17) is 4.74 Å². The van der Waals surface area contributed by atoms with Crippen molar-refractivity contribution in [2.75, 3.05) is 31.4 Å². The Bertz CT molecular complexity index is 758. The summed E-state index contributed by atoms with van der Waals surface area (Å²) in [5.74, 6) is 1.43. The molecule has 0 spiro atoms. The molecule has 124 valence electrons. The fourth-order valence-corrected chi connectivity index (χ4v) is 7.58. The Hall–Kier alpha value is -0.770. The molecule has 0 N–H and O–H groups in total. The maximum atomic E-state index is 12.8. The first kappa shape index (κ1) is 17.6. The highest BCUT2D eigenvalue weighted by atomic mass is 32.2. The average Bonchev–Trinajstić information content (AvgIpc) is 2.46.